The molecule has 0 aromatic carbocycles. The van der Waals surface area contributed by atoms with E-state index < -0.39 is 5.91 Å². The first kappa shape index (κ1) is 7.29. The van der Waals surface area contributed by atoms with E-state index in [4.69, 9.17) is 12.2 Å². The van der Waals surface area contributed by atoms with E-state index in [0.717, 1.165) is 0 Å². The second-order valence-corrected chi connectivity index (χ2v) is 1.94. The Morgan fingerprint density at radius 3 is 2.73 bits per heavy atom. The van der Waals surface area contributed by atoms with Gasteiger partial charge in [-0.15, -0.1) is 6.42 Å². The van der Waals surface area contributed by atoms with Gasteiger partial charge in [-0.2, -0.15) is 0 Å². The van der Waals surface area contributed by atoms with Crippen LogP contribution in [0.2, 0.25) is 0 Å². The summed E-state index contributed by atoms with van der Waals surface area (Å²) in [4.78, 5) is 14.3. The minimum atomic E-state index is -0.499. The highest BCUT2D eigenvalue weighted by Gasteiger charge is 1.98. The Bertz CT molecular complexity index is 308. The Morgan fingerprint density at radius 2 is 2.36 bits per heavy atom. The standard InChI is InChI=1S/C8H6N2O/c1-2-7-4-3-6(5-10-7)8(9)11/h1,3-5H,(H2,9,11). The molecule has 0 radical (unpaired) electrons. The van der Waals surface area contributed by atoms with Crippen molar-refractivity contribution in [3.8, 4) is 12.3 Å². The topological polar surface area (TPSA) is 56.0 Å². The van der Waals surface area contributed by atoms with Crippen LogP contribution in [0.25, 0.3) is 0 Å². The van der Waals surface area contributed by atoms with Gasteiger partial charge in [0.25, 0.3) is 0 Å². The van der Waals surface area contributed by atoms with Crippen molar-refractivity contribution in [1.82, 2.24) is 4.98 Å². The minimum absolute atomic E-state index is 0.365. The van der Waals surface area contributed by atoms with Gasteiger partial charge in [-0.1, -0.05) is 5.92 Å². The molecule has 1 aromatic rings. The van der Waals surface area contributed by atoms with Gasteiger partial charge in [0.05, 0.1) is 5.56 Å². The number of pyridine rings is 1. The number of primary amides is 1. The maximum absolute atomic E-state index is 10.5. The van der Waals surface area contributed by atoms with Crippen molar-refractivity contribution in [1.29, 1.82) is 0 Å². The lowest BCUT2D eigenvalue weighted by molar-refractivity contribution is 0.1000. The second kappa shape index (κ2) is 2.84. The quantitative estimate of drug-likeness (QED) is 0.574. The molecule has 0 saturated heterocycles. The molecule has 0 unspecified atom stereocenters. The summed E-state index contributed by atoms with van der Waals surface area (Å²) in [7, 11) is 0. The van der Waals surface area contributed by atoms with Crippen LogP contribution in [0.1, 0.15) is 16.1 Å². The number of amides is 1. The zero-order valence-corrected chi connectivity index (χ0v) is 5.74. The molecule has 0 aliphatic rings. The van der Waals surface area contributed by atoms with Gasteiger partial charge in [-0.05, 0) is 12.1 Å². The predicted molar refractivity (Wildman–Crippen MR) is 40.7 cm³/mol. The van der Waals surface area contributed by atoms with Crippen LogP contribution in [0.4, 0.5) is 0 Å². The fourth-order valence-corrected chi connectivity index (χ4v) is 0.625. The van der Waals surface area contributed by atoms with E-state index in [2.05, 4.69) is 10.9 Å². The number of hydrogen-bond acceptors (Lipinski definition) is 2. The molecule has 0 bridgehead atoms. The van der Waals surface area contributed by atoms with Crippen molar-refractivity contribution in [3.63, 3.8) is 0 Å². The maximum atomic E-state index is 10.5. The Balaban J connectivity index is 3.03. The molecule has 0 aliphatic heterocycles. The molecule has 11 heavy (non-hydrogen) atoms. The molecule has 2 N–H and O–H groups in total. The lowest BCUT2D eigenvalue weighted by atomic mass is 10.2. The van der Waals surface area contributed by atoms with Crippen LogP contribution in [0.5, 0.6) is 0 Å². The number of nitrogens with zero attached hydrogens (tertiary/aromatic N) is 1. The molecule has 3 heteroatoms. The Hall–Kier alpha value is -1.82. The largest absolute Gasteiger partial charge is 0.366 e. The molecule has 0 saturated carbocycles. The number of hydrogen-bond donors (Lipinski definition) is 1. The first-order chi connectivity index (χ1) is 5.24. The summed E-state index contributed by atoms with van der Waals surface area (Å²) in [6, 6.07) is 3.12. The molecule has 1 amide bonds. The smallest absolute Gasteiger partial charge is 0.250 e. The lowest BCUT2D eigenvalue weighted by Crippen LogP contribution is -2.10. The molecule has 0 aliphatic carbocycles. The minimum Gasteiger partial charge on any atom is -0.366 e. The lowest BCUT2D eigenvalue weighted by Gasteiger charge is -1.92. The maximum Gasteiger partial charge on any atom is 0.250 e. The van der Waals surface area contributed by atoms with E-state index in [1.807, 2.05) is 0 Å². The van der Waals surface area contributed by atoms with Gasteiger partial charge in [-0.3, -0.25) is 4.79 Å². The molecule has 1 heterocycles. The van der Waals surface area contributed by atoms with Crippen molar-refractivity contribution in [2.24, 2.45) is 5.73 Å². The van der Waals surface area contributed by atoms with Crippen LogP contribution >= 0.6 is 0 Å². The third-order valence-electron chi connectivity index (χ3n) is 1.20. The first-order valence-corrected chi connectivity index (χ1v) is 2.96. The molecule has 3 nitrogen and oxygen atoms in total. The summed E-state index contributed by atoms with van der Waals surface area (Å²) < 4.78 is 0. The van der Waals surface area contributed by atoms with Crippen molar-refractivity contribution >= 4 is 5.91 Å². The van der Waals surface area contributed by atoms with Gasteiger partial charge >= 0.3 is 0 Å². The highest BCUT2D eigenvalue weighted by molar-refractivity contribution is 5.92. The molecular weight excluding hydrogens is 140 g/mol. The van der Waals surface area contributed by atoms with Gasteiger partial charge < -0.3 is 5.73 Å². The number of nitrogens with two attached hydrogens (primary N) is 1. The Morgan fingerprint density at radius 1 is 1.64 bits per heavy atom. The average Bonchev–Trinajstić information content (AvgIpc) is 2.05. The van der Waals surface area contributed by atoms with Crippen LogP contribution in [-0.2, 0) is 0 Å². The molecule has 0 atom stereocenters. The Kier molecular flexibility index (Phi) is 1.88. The summed E-state index contributed by atoms with van der Waals surface area (Å²) >= 11 is 0. The fourth-order valence-electron chi connectivity index (χ4n) is 0.625. The molecular formula is C8H6N2O. The van der Waals surface area contributed by atoms with Crippen molar-refractivity contribution < 1.29 is 4.79 Å². The molecule has 1 rings (SSSR count). The van der Waals surface area contributed by atoms with Gasteiger partial charge in [0, 0.05) is 6.20 Å². The SMILES string of the molecule is C#Cc1ccc(C(N)=O)cn1. The van der Waals surface area contributed by atoms with E-state index in [1.54, 1.807) is 12.1 Å². The van der Waals surface area contributed by atoms with Crippen molar-refractivity contribution in [3.05, 3.63) is 29.6 Å². The van der Waals surface area contributed by atoms with Gasteiger partial charge in [0.2, 0.25) is 5.91 Å². The second-order valence-electron chi connectivity index (χ2n) is 1.94. The van der Waals surface area contributed by atoms with Crippen molar-refractivity contribution in [2.75, 3.05) is 0 Å². The van der Waals surface area contributed by atoms with E-state index in [9.17, 15) is 4.79 Å². The van der Waals surface area contributed by atoms with Gasteiger partial charge in [0.1, 0.15) is 5.69 Å². The molecule has 54 valence electrons. The van der Waals surface area contributed by atoms with E-state index in [-0.39, 0.29) is 0 Å². The first-order valence-electron chi connectivity index (χ1n) is 2.96. The van der Waals surface area contributed by atoms with E-state index >= 15 is 0 Å². The summed E-state index contributed by atoms with van der Waals surface area (Å²) in [5.41, 5.74) is 5.83. The predicted octanol–water partition coefficient (Wildman–Crippen LogP) is 0.162. The highest BCUT2D eigenvalue weighted by Crippen LogP contribution is 1.97. The molecule has 0 spiro atoms. The number of rotatable bonds is 1. The third kappa shape index (κ3) is 1.55. The van der Waals surface area contributed by atoms with Gasteiger partial charge in [0.15, 0.2) is 0 Å². The van der Waals surface area contributed by atoms with Crippen LogP contribution < -0.4 is 5.73 Å². The van der Waals surface area contributed by atoms with Crippen LogP contribution in [0.15, 0.2) is 18.3 Å². The van der Waals surface area contributed by atoms with Gasteiger partial charge in [-0.25, -0.2) is 4.98 Å². The zero-order valence-electron chi connectivity index (χ0n) is 5.74. The number of carbonyl (C=O) groups excluding carboxylic acids is 1. The summed E-state index contributed by atoms with van der Waals surface area (Å²) in [5, 5.41) is 0. The summed E-state index contributed by atoms with van der Waals surface area (Å²) in [6.45, 7) is 0. The molecule has 1 aromatic heterocycles. The molecule has 0 fully saturated rings. The average molecular weight is 146 g/mol. The fraction of sp³-hybridized carbons (Fsp3) is 0. The Labute approximate surface area is 64.2 Å². The van der Waals surface area contributed by atoms with Crippen LogP contribution in [-0.4, -0.2) is 10.9 Å². The normalized spacial score (nSPS) is 8.64. The number of aromatic nitrogens is 1. The monoisotopic (exact) mass is 146 g/mol. The van der Waals surface area contributed by atoms with Crippen LogP contribution in [0, 0.1) is 12.3 Å². The summed E-state index contributed by atoms with van der Waals surface area (Å²) in [5.74, 6) is 1.83. The number of carbonyl (C=O) groups is 1. The van der Waals surface area contributed by atoms with Crippen LogP contribution in [0.3, 0.4) is 0 Å². The zero-order chi connectivity index (χ0) is 8.27. The van der Waals surface area contributed by atoms with E-state index in [1.165, 1.54) is 6.20 Å². The number of terminal acetylenes is 1. The summed E-state index contributed by atoms with van der Waals surface area (Å²) in [6.07, 6.45) is 6.41. The third-order valence-corrected chi connectivity index (χ3v) is 1.20. The highest BCUT2D eigenvalue weighted by atomic mass is 16.1. The van der Waals surface area contributed by atoms with E-state index in [0.29, 0.717) is 11.3 Å². The van der Waals surface area contributed by atoms with Crippen molar-refractivity contribution in [2.45, 2.75) is 0 Å².